The summed E-state index contributed by atoms with van der Waals surface area (Å²) in [7, 11) is 0. The number of carbonyl (C=O) groups excluding carboxylic acids is 1. The number of rotatable bonds is 7. The van der Waals surface area contributed by atoms with Crippen LogP contribution in [0.2, 0.25) is 0 Å². The number of pyridine rings is 1. The Morgan fingerprint density at radius 1 is 1.00 bits per heavy atom. The lowest BCUT2D eigenvalue weighted by molar-refractivity contribution is 0.102. The van der Waals surface area contributed by atoms with E-state index in [2.05, 4.69) is 39.9 Å². The molecule has 0 unspecified atom stereocenters. The molecule has 2 aromatic carbocycles. The molecule has 4 nitrogen and oxygen atoms in total. The summed E-state index contributed by atoms with van der Waals surface area (Å²) < 4.78 is 26.4. The molecule has 4 rings (SSSR count). The van der Waals surface area contributed by atoms with Crippen LogP contribution in [0.15, 0.2) is 66.9 Å². The SMILES string of the molecule is O=C(Nc1ccc(F)c(F)c1)c1ccnc(NCC2(Cc3ccccc3)CC2)c1. The third-order valence-corrected chi connectivity index (χ3v) is 5.22. The third-order valence-electron chi connectivity index (χ3n) is 5.22. The van der Waals surface area contributed by atoms with Crippen molar-refractivity contribution < 1.29 is 13.6 Å². The minimum Gasteiger partial charge on any atom is -0.369 e. The maximum Gasteiger partial charge on any atom is 0.255 e. The van der Waals surface area contributed by atoms with Crippen molar-refractivity contribution in [1.29, 1.82) is 0 Å². The standard InChI is InChI=1S/C23H21F2N3O/c24-19-7-6-18(13-20(19)25)28-22(29)17-8-11-26-21(12-17)27-15-23(9-10-23)14-16-4-2-1-3-5-16/h1-8,11-13H,9-10,14-15H2,(H,26,27)(H,28,29). The van der Waals surface area contributed by atoms with Gasteiger partial charge in [0, 0.05) is 30.1 Å². The molecule has 1 aliphatic carbocycles. The number of anilines is 2. The molecule has 1 heterocycles. The van der Waals surface area contributed by atoms with Crippen LogP contribution >= 0.6 is 0 Å². The largest absolute Gasteiger partial charge is 0.369 e. The number of carbonyl (C=O) groups is 1. The van der Waals surface area contributed by atoms with E-state index < -0.39 is 17.5 Å². The molecule has 0 radical (unpaired) electrons. The second kappa shape index (κ2) is 7.99. The molecule has 1 saturated carbocycles. The Bertz CT molecular complexity index is 1020. The second-order valence-corrected chi connectivity index (χ2v) is 7.53. The topological polar surface area (TPSA) is 54.0 Å². The van der Waals surface area contributed by atoms with Crippen LogP contribution in [-0.2, 0) is 6.42 Å². The highest BCUT2D eigenvalue weighted by molar-refractivity contribution is 6.04. The minimum absolute atomic E-state index is 0.194. The summed E-state index contributed by atoms with van der Waals surface area (Å²) in [6, 6.07) is 16.9. The van der Waals surface area contributed by atoms with Crippen molar-refractivity contribution in [2.45, 2.75) is 19.3 Å². The van der Waals surface area contributed by atoms with Crippen LogP contribution in [0.5, 0.6) is 0 Å². The van der Waals surface area contributed by atoms with Crippen LogP contribution in [0, 0.1) is 17.0 Å². The summed E-state index contributed by atoms with van der Waals surface area (Å²) in [5, 5.41) is 5.91. The molecule has 0 spiro atoms. The lowest BCUT2D eigenvalue weighted by atomic mass is 9.96. The van der Waals surface area contributed by atoms with Crippen molar-refractivity contribution in [1.82, 2.24) is 4.98 Å². The summed E-state index contributed by atoms with van der Waals surface area (Å²) in [4.78, 5) is 16.7. The van der Waals surface area contributed by atoms with E-state index in [0.29, 0.717) is 11.4 Å². The predicted molar refractivity (Wildman–Crippen MR) is 109 cm³/mol. The number of nitrogens with one attached hydrogen (secondary N) is 2. The van der Waals surface area contributed by atoms with E-state index in [1.165, 1.54) is 11.6 Å². The fourth-order valence-corrected chi connectivity index (χ4v) is 3.35. The third kappa shape index (κ3) is 4.77. The van der Waals surface area contributed by atoms with Crippen LogP contribution in [0.25, 0.3) is 0 Å². The molecule has 2 N–H and O–H groups in total. The molecular formula is C23H21F2N3O. The Balaban J connectivity index is 1.38. The number of hydrogen-bond acceptors (Lipinski definition) is 3. The summed E-state index contributed by atoms with van der Waals surface area (Å²) in [5.74, 6) is -1.76. The zero-order valence-corrected chi connectivity index (χ0v) is 15.8. The number of benzene rings is 2. The van der Waals surface area contributed by atoms with E-state index in [0.717, 1.165) is 37.9 Å². The molecule has 29 heavy (non-hydrogen) atoms. The molecule has 0 saturated heterocycles. The molecule has 1 amide bonds. The molecule has 1 aliphatic rings. The normalized spacial score (nSPS) is 14.3. The van der Waals surface area contributed by atoms with Gasteiger partial charge in [0.05, 0.1) is 0 Å². The van der Waals surface area contributed by atoms with Gasteiger partial charge in [0.1, 0.15) is 5.82 Å². The molecule has 1 fully saturated rings. The minimum atomic E-state index is -1.01. The fraction of sp³-hybridized carbons (Fsp3) is 0.217. The van der Waals surface area contributed by atoms with Gasteiger partial charge in [-0.2, -0.15) is 0 Å². The smallest absolute Gasteiger partial charge is 0.255 e. The summed E-state index contributed by atoms with van der Waals surface area (Å²) >= 11 is 0. The van der Waals surface area contributed by atoms with Crippen molar-refractivity contribution in [3.8, 4) is 0 Å². The van der Waals surface area contributed by atoms with Gasteiger partial charge in [-0.3, -0.25) is 4.79 Å². The van der Waals surface area contributed by atoms with Crippen molar-refractivity contribution >= 4 is 17.4 Å². The molecule has 3 aromatic rings. The Morgan fingerprint density at radius 2 is 1.79 bits per heavy atom. The molecule has 148 valence electrons. The highest BCUT2D eigenvalue weighted by atomic mass is 19.2. The monoisotopic (exact) mass is 393 g/mol. The van der Waals surface area contributed by atoms with Crippen molar-refractivity contribution in [3.63, 3.8) is 0 Å². The van der Waals surface area contributed by atoms with Gasteiger partial charge in [0.15, 0.2) is 11.6 Å². The zero-order valence-electron chi connectivity index (χ0n) is 15.8. The van der Waals surface area contributed by atoms with Gasteiger partial charge in [-0.15, -0.1) is 0 Å². The number of hydrogen-bond donors (Lipinski definition) is 2. The fourth-order valence-electron chi connectivity index (χ4n) is 3.35. The predicted octanol–water partition coefficient (Wildman–Crippen LogP) is 5.05. The van der Waals surface area contributed by atoms with Gasteiger partial charge in [-0.1, -0.05) is 30.3 Å². The first kappa shape index (κ1) is 19.1. The van der Waals surface area contributed by atoms with Crippen molar-refractivity contribution in [2.75, 3.05) is 17.2 Å². The van der Waals surface area contributed by atoms with Crippen LogP contribution in [0.3, 0.4) is 0 Å². The number of nitrogens with zero attached hydrogens (tertiary/aromatic N) is 1. The van der Waals surface area contributed by atoms with Gasteiger partial charge in [-0.25, -0.2) is 13.8 Å². The van der Waals surface area contributed by atoms with Crippen molar-refractivity contribution in [3.05, 3.63) is 89.6 Å². The summed E-state index contributed by atoms with van der Waals surface area (Å²) in [6.45, 7) is 0.781. The Hall–Kier alpha value is -3.28. The lowest BCUT2D eigenvalue weighted by Gasteiger charge is -2.17. The molecule has 0 atom stereocenters. The van der Waals surface area contributed by atoms with Gasteiger partial charge in [0.25, 0.3) is 5.91 Å². The summed E-state index contributed by atoms with van der Waals surface area (Å²) in [6.07, 6.45) is 4.88. The van der Waals surface area contributed by atoms with Crippen LogP contribution in [0.4, 0.5) is 20.3 Å². The molecule has 6 heteroatoms. The van der Waals surface area contributed by atoms with E-state index in [4.69, 9.17) is 0 Å². The van der Waals surface area contributed by atoms with Gasteiger partial charge in [0.2, 0.25) is 0 Å². The van der Waals surface area contributed by atoms with Gasteiger partial charge in [-0.05, 0) is 54.5 Å². The quantitative estimate of drug-likeness (QED) is 0.591. The maximum atomic E-state index is 13.3. The lowest BCUT2D eigenvalue weighted by Crippen LogP contribution is -2.19. The van der Waals surface area contributed by atoms with E-state index in [1.54, 1.807) is 18.3 Å². The number of aromatic nitrogens is 1. The Morgan fingerprint density at radius 3 is 2.52 bits per heavy atom. The van der Waals surface area contributed by atoms with Crippen LogP contribution in [-0.4, -0.2) is 17.4 Å². The Labute approximate surface area is 168 Å². The molecule has 0 bridgehead atoms. The Kier molecular flexibility index (Phi) is 5.25. The van der Waals surface area contributed by atoms with Gasteiger partial charge < -0.3 is 10.6 Å². The van der Waals surface area contributed by atoms with Crippen LogP contribution in [0.1, 0.15) is 28.8 Å². The second-order valence-electron chi connectivity index (χ2n) is 7.53. The van der Waals surface area contributed by atoms with Crippen molar-refractivity contribution in [2.24, 2.45) is 5.41 Å². The zero-order chi connectivity index (χ0) is 20.3. The molecule has 1 aromatic heterocycles. The number of amides is 1. The highest BCUT2D eigenvalue weighted by Gasteiger charge is 2.42. The van der Waals surface area contributed by atoms with E-state index in [9.17, 15) is 13.6 Å². The number of halogens is 2. The van der Waals surface area contributed by atoms with E-state index in [1.807, 2.05) is 6.07 Å². The van der Waals surface area contributed by atoms with E-state index >= 15 is 0 Å². The van der Waals surface area contributed by atoms with E-state index in [-0.39, 0.29) is 11.1 Å². The molecule has 0 aliphatic heterocycles. The first-order chi connectivity index (χ1) is 14.0. The maximum absolute atomic E-state index is 13.3. The average molecular weight is 393 g/mol. The summed E-state index contributed by atoms with van der Waals surface area (Å²) in [5.41, 5.74) is 2.13. The highest BCUT2D eigenvalue weighted by Crippen LogP contribution is 2.48. The van der Waals surface area contributed by atoms with Gasteiger partial charge >= 0.3 is 0 Å². The first-order valence-electron chi connectivity index (χ1n) is 9.53. The van der Waals surface area contributed by atoms with Crippen LogP contribution < -0.4 is 10.6 Å². The molecular weight excluding hydrogens is 372 g/mol. The average Bonchev–Trinajstić information content (AvgIpc) is 3.50. The first-order valence-corrected chi connectivity index (χ1v) is 9.53.